The minimum Gasteiger partial charge on any atom is -0.493 e. The van der Waals surface area contributed by atoms with E-state index in [-0.39, 0.29) is 11.5 Å². The summed E-state index contributed by atoms with van der Waals surface area (Å²) >= 11 is 0. The first kappa shape index (κ1) is 23.9. The number of amides is 1. The van der Waals surface area contributed by atoms with E-state index in [0.717, 1.165) is 16.4 Å². The maximum Gasteiger partial charge on any atom is 0.334 e. The van der Waals surface area contributed by atoms with Gasteiger partial charge in [0, 0.05) is 16.3 Å². The SMILES string of the molecule is COc1cc(C(=O)N[C@@H](C(=O)Oc2ccc3oc4ccccc4c3c2)C(C)C)cc(OC)c1OC. The molecule has 1 atom stereocenters. The van der Waals surface area contributed by atoms with Crippen LogP contribution in [0.25, 0.3) is 21.9 Å². The van der Waals surface area contributed by atoms with Crippen LogP contribution in [0.3, 0.4) is 0 Å². The third kappa shape index (κ3) is 4.73. The highest BCUT2D eigenvalue weighted by Crippen LogP contribution is 2.38. The van der Waals surface area contributed by atoms with Gasteiger partial charge in [-0.3, -0.25) is 4.79 Å². The van der Waals surface area contributed by atoms with Crippen LogP contribution in [-0.4, -0.2) is 39.2 Å². The molecule has 8 nitrogen and oxygen atoms in total. The Labute approximate surface area is 202 Å². The number of ether oxygens (including phenoxy) is 4. The third-order valence-electron chi connectivity index (χ3n) is 5.70. The lowest BCUT2D eigenvalue weighted by atomic mass is 10.0. The molecule has 1 N–H and O–H groups in total. The number of furan rings is 1. The van der Waals surface area contributed by atoms with Crippen molar-refractivity contribution >= 4 is 33.8 Å². The molecule has 4 rings (SSSR count). The van der Waals surface area contributed by atoms with E-state index in [0.29, 0.717) is 28.6 Å². The van der Waals surface area contributed by atoms with Gasteiger partial charge in [0.05, 0.1) is 21.3 Å². The second kappa shape index (κ2) is 9.97. The lowest BCUT2D eigenvalue weighted by Crippen LogP contribution is -2.46. The topological polar surface area (TPSA) is 96.2 Å². The lowest BCUT2D eigenvalue weighted by molar-refractivity contribution is -0.137. The van der Waals surface area contributed by atoms with Crippen molar-refractivity contribution in [2.75, 3.05) is 21.3 Å². The molecule has 0 aliphatic rings. The molecule has 1 heterocycles. The van der Waals surface area contributed by atoms with Crippen molar-refractivity contribution in [2.45, 2.75) is 19.9 Å². The van der Waals surface area contributed by atoms with Gasteiger partial charge < -0.3 is 28.7 Å². The monoisotopic (exact) mass is 477 g/mol. The zero-order chi connectivity index (χ0) is 25.1. The average molecular weight is 478 g/mol. The van der Waals surface area contributed by atoms with Crippen LogP contribution in [0.15, 0.2) is 59.0 Å². The van der Waals surface area contributed by atoms with Gasteiger partial charge in [-0.2, -0.15) is 0 Å². The summed E-state index contributed by atoms with van der Waals surface area (Å²) in [6, 6.07) is 15.0. The number of carbonyl (C=O) groups is 2. The summed E-state index contributed by atoms with van der Waals surface area (Å²) in [7, 11) is 4.41. The lowest BCUT2D eigenvalue weighted by Gasteiger charge is -2.21. The summed E-state index contributed by atoms with van der Waals surface area (Å²) in [5, 5.41) is 4.54. The van der Waals surface area contributed by atoms with E-state index in [1.807, 2.05) is 38.1 Å². The van der Waals surface area contributed by atoms with Crippen molar-refractivity contribution in [2.24, 2.45) is 5.92 Å². The van der Waals surface area contributed by atoms with Crippen molar-refractivity contribution in [3.63, 3.8) is 0 Å². The first-order chi connectivity index (χ1) is 16.9. The predicted octanol–water partition coefficient (Wildman–Crippen LogP) is 4.97. The van der Waals surface area contributed by atoms with Crippen molar-refractivity contribution in [1.82, 2.24) is 5.32 Å². The Bertz CT molecular complexity index is 1360. The van der Waals surface area contributed by atoms with Crippen molar-refractivity contribution < 1.29 is 33.0 Å². The Morgan fingerprint density at radius 2 is 1.49 bits per heavy atom. The van der Waals surface area contributed by atoms with Crippen molar-refractivity contribution in [3.05, 3.63) is 60.2 Å². The van der Waals surface area contributed by atoms with E-state index >= 15 is 0 Å². The number of para-hydroxylation sites is 1. The van der Waals surface area contributed by atoms with E-state index < -0.39 is 17.9 Å². The molecule has 0 fully saturated rings. The zero-order valence-electron chi connectivity index (χ0n) is 20.2. The maximum absolute atomic E-state index is 13.1. The molecule has 0 radical (unpaired) electrons. The van der Waals surface area contributed by atoms with Gasteiger partial charge in [0.25, 0.3) is 5.91 Å². The molecule has 0 aliphatic heterocycles. The van der Waals surface area contributed by atoms with Gasteiger partial charge in [-0.05, 0) is 42.3 Å². The summed E-state index contributed by atoms with van der Waals surface area (Å²) in [6.07, 6.45) is 0. The second-order valence-corrected chi connectivity index (χ2v) is 8.29. The Morgan fingerprint density at radius 3 is 2.11 bits per heavy atom. The molecule has 0 saturated heterocycles. The standard InChI is InChI=1S/C27H27NO7/c1-15(2)24(28-26(29)16-12-22(31-3)25(33-5)23(13-16)32-4)27(30)34-17-10-11-21-19(14-17)18-8-6-7-9-20(18)35-21/h6-15,24H,1-5H3,(H,28,29)/t24-/m1/s1. The van der Waals surface area contributed by atoms with Gasteiger partial charge >= 0.3 is 5.97 Å². The van der Waals surface area contributed by atoms with Crippen LogP contribution >= 0.6 is 0 Å². The first-order valence-corrected chi connectivity index (χ1v) is 11.1. The summed E-state index contributed by atoms with van der Waals surface area (Å²) in [5.41, 5.74) is 1.70. The quantitative estimate of drug-likeness (QED) is 0.283. The molecule has 0 aliphatic carbocycles. The Balaban J connectivity index is 1.56. The smallest absolute Gasteiger partial charge is 0.334 e. The highest BCUT2D eigenvalue weighted by molar-refractivity contribution is 6.05. The van der Waals surface area contributed by atoms with Crippen molar-refractivity contribution in [3.8, 4) is 23.0 Å². The van der Waals surface area contributed by atoms with E-state index in [4.69, 9.17) is 23.4 Å². The van der Waals surface area contributed by atoms with Gasteiger partial charge in [0.15, 0.2) is 11.5 Å². The molecule has 0 bridgehead atoms. The molecular formula is C27H27NO7. The molecule has 35 heavy (non-hydrogen) atoms. The summed E-state index contributed by atoms with van der Waals surface area (Å²) in [4.78, 5) is 26.1. The van der Waals surface area contributed by atoms with E-state index in [2.05, 4.69) is 5.32 Å². The Hall–Kier alpha value is -4.20. The molecular weight excluding hydrogens is 450 g/mol. The van der Waals surface area contributed by atoms with Gasteiger partial charge in [0.1, 0.15) is 23.0 Å². The number of esters is 1. The van der Waals surface area contributed by atoms with Crippen LogP contribution in [-0.2, 0) is 4.79 Å². The van der Waals surface area contributed by atoms with Crippen LogP contribution in [0, 0.1) is 5.92 Å². The molecule has 1 aromatic heterocycles. The molecule has 4 aromatic rings. The first-order valence-electron chi connectivity index (χ1n) is 11.1. The molecule has 1 amide bonds. The van der Waals surface area contributed by atoms with Crippen LogP contribution < -0.4 is 24.3 Å². The van der Waals surface area contributed by atoms with Gasteiger partial charge in [-0.15, -0.1) is 0 Å². The number of methoxy groups -OCH3 is 3. The van der Waals surface area contributed by atoms with E-state index in [1.54, 1.807) is 18.2 Å². The summed E-state index contributed by atoms with van der Waals surface area (Å²) in [6.45, 7) is 3.66. The normalized spacial score (nSPS) is 11.9. The van der Waals surface area contributed by atoms with Crippen LogP contribution in [0.5, 0.6) is 23.0 Å². The van der Waals surface area contributed by atoms with Gasteiger partial charge in [-0.25, -0.2) is 4.79 Å². The average Bonchev–Trinajstić information content (AvgIpc) is 3.23. The van der Waals surface area contributed by atoms with Crippen molar-refractivity contribution in [1.29, 1.82) is 0 Å². The van der Waals surface area contributed by atoms with Crippen LogP contribution in [0.1, 0.15) is 24.2 Å². The highest BCUT2D eigenvalue weighted by atomic mass is 16.5. The maximum atomic E-state index is 13.1. The zero-order valence-corrected chi connectivity index (χ0v) is 20.2. The Morgan fingerprint density at radius 1 is 0.829 bits per heavy atom. The van der Waals surface area contributed by atoms with Gasteiger partial charge in [-0.1, -0.05) is 32.0 Å². The molecule has 8 heteroatoms. The fourth-order valence-electron chi connectivity index (χ4n) is 3.88. The number of fused-ring (bicyclic) bond motifs is 3. The van der Waals surface area contributed by atoms with Gasteiger partial charge in [0.2, 0.25) is 5.75 Å². The summed E-state index contributed by atoms with van der Waals surface area (Å²) in [5.74, 6) is 0.119. The summed E-state index contributed by atoms with van der Waals surface area (Å²) < 4.78 is 27.4. The minimum absolute atomic E-state index is 0.230. The van der Waals surface area contributed by atoms with E-state index in [1.165, 1.54) is 33.5 Å². The highest BCUT2D eigenvalue weighted by Gasteiger charge is 2.28. The number of carbonyl (C=O) groups excluding carboxylic acids is 2. The second-order valence-electron chi connectivity index (χ2n) is 8.29. The molecule has 0 saturated carbocycles. The number of hydrogen-bond donors (Lipinski definition) is 1. The number of hydrogen-bond acceptors (Lipinski definition) is 7. The molecule has 3 aromatic carbocycles. The largest absolute Gasteiger partial charge is 0.493 e. The fourth-order valence-corrected chi connectivity index (χ4v) is 3.88. The minimum atomic E-state index is -0.890. The number of benzene rings is 3. The van der Waals surface area contributed by atoms with Crippen LogP contribution in [0.4, 0.5) is 0 Å². The fraction of sp³-hybridized carbons (Fsp3) is 0.259. The predicted molar refractivity (Wildman–Crippen MR) is 132 cm³/mol. The molecule has 182 valence electrons. The number of nitrogens with one attached hydrogen (secondary N) is 1. The van der Waals surface area contributed by atoms with Crippen LogP contribution in [0.2, 0.25) is 0 Å². The van der Waals surface area contributed by atoms with E-state index in [9.17, 15) is 9.59 Å². The third-order valence-corrected chi connectivity index (χ3v) is 5.70. The molecule has 0 spiro atoms. The number of rotatable bonds is 8. The molecule has 0 unspecified atom stereocenters. The Kier molecular flexibility index (Phi) is 6.82.